The van der Waals surface area contributed by atoms with Crippen LogP contribution in [0.15, 0.2) is 24.3 Å². The van der Waals surface area contributed by atoms with Gasteiger partial charge in [-0.05, 0) is 30.9 Å². The summed E-state index contributed by atoms with van der Waals surface area (Å²) in [5.41, 5.74) is 6.43. The number of para-hydroxylation sites is 1. The smallest absolute Gasteiger partial charge is 0.129 e. The van der Waals surface area contributed by atoms with Gasteiger partial charge in [0.05, 0.1) is 12.2 Å². The normalized spacial score (nSPS) is 14.4. The van der Waals surface area contributed by atoms with E-state index in [0.29, 0.717) is 11.6 Å². The van der Waals surface area contributed by atoms with Gasteiger partial charge in [-0.2, -0.15) is 0 Å². The fourth-order valence-corrected chi connectivity index (χ4v) is 1.84. The second-order valence-corrected chi connectivity index (χ2v) is 5.02. The van der Waals surface area contributed by atoms with Crippen LogP contribution < -0.4 is 10.5 Å². The van der Waals surface area contributed by atoms with Crippen LogP contribution in [0, 0.1) is 5.92 Å². The lowest BCUT2D eigenvalue weighted by molar-refractivity contribution is 0.111. The van der Waals surface area contributed by atoms with Crippen molar-refractivity contribution in [3.63, 3.8) is 0 Å². The van der Waals surface area contributed by atoms with Crippen LogP contribution in [0.4, 0.5) is 0 Å². The summed E-state index contributed by atoms with van der Waals surface area (Å²) < 4.78 is 11.2. The zero-order valence-corrected chi connectivity index (χ0v) is 11.2. The van der Waals surface area contributed by atoms with Gasteiger partial charge in [0.15, 0.2) is 0 Å². The molecule has 18 heavy (non-hydrogen) atoms. The van der Waals surface area contributed by atoms with Gasteiger partial charge in [0.1, 0.15) is 10.7 Å². The first-order valence-electron chi connectivity index (χ1n) is 6.37. The summed E-state index contributed by atoms with van der Waals surface area (Å²) in [5, 5.41) is 0. The minimum absolute atomic E-state index is 0.371. The Morgan fingerprint density at radius 2 is 2.06 bits per heavy atom. The Kier molecular flexibility index (Phi) is 4.96. The van der Waals surface area contributed by atoms with Crippen molar-refractivity contribution in [3.05, 3.63) is 29.8 Å². The Morgan fingerprint density at radius 1 is 1.28 bits per heavy atom. The molecule has 0 aliphatic heterocycles. The molecule has 1 aliphatic rings. The van der Waals surface area contributed by atoms with E-state index in [-0.39, 0.29) is 0 Å². The lowest BCUT2D eigenvalue weighted by Crippen LogP contribution is -2.12. The van der Waals surface area contributed by atoms with Gasteiger partial charge in [0, 0.05) is 19.6 Å². The van der Waals surface area contributed by atoms with Crippen molar-refractivity contribution in [2.45, 2.75) is 19.3 Å². The van der Waals surface area contributed by atoms with Crippen LogP contribution in [0.2, 0.25) is 0 Å². The van der Waals surface area contributed by atoms with E-state index in [0.717, 1.165) is 36.9 Å². The molecule has 4 heteroatoms. The fraction of sp³-hybridized carbons (Fsp3) is 0.500. The second kappa shape index (κ2) is 6.71. The van der Waals surface area contributed by atoms with Crippen molar-refractivity contribution < 1.29 is 9.47 Å². The Hall–Kier alpha value is -1.13. The summed E-state index contributed by atoms with van der Waals surface area (Å²) in [6.07, 6.45) is 3.55. The van der Waals surface area contributed by atoms with E-state index in [1.165, 1.54) is 12.8 Å². The van der Waals surface area contributed by atoms with Crippen molar-refractivity contribution in [2.24, 2.45) is 11.7 Å². The minimum Gasteiger partial charge on any atom is -0.493 e. The van der Waals surface area contributed by atoms with Gasteiger partial charge in [-0.15, -0.1) is 0 Å². The number of hydrogen-bond acceptors (Lipinski definition) is 3. The van der Waals surface area contributed by atoms with E-state index in [1.807, 2.05) is 24.3 Å². The molecule has 0 radical (unpaired) electrons. The number of ether oxygens (including phenoxy) is 2. The number of nitrogens with two attached hydrogens (primary N) is 1. The summed E-state index contributed by atoms with van der Waals surface area (Å²) in [4.78, 5) is 0.371. The molecule has 0 saturated heterocycles. The van der Waals surface area contributed by atoms with Crippen molar-refractivity contribution in [2.75, 3.05) is 19.8 Å². The highest BCUT2D eigenvalue weighted by atomic mass is 32.1. The molecule has 2 rings (SSSR count). The average Bonchev–Trinajstić information content (AvgIpc) is 3.18. The molecule has 98 valence electrons. The Labute approximate surface area is 113 Å². The SMILES string of the molecule is NC(=S)c1ccccc1OCCCOCC1CC1. The van der Waals surface area contributed by atoms with E-state index in [1.54, 1.807) is 0 Å². The predicted molar refractivity (Wildman–Crippen MR) is 76.0 cm³/mol. The van der Waals surface area contributed by atoms with Gasteiger partial charge < -0.3 is 15.2 Å². The van der Waals surface area contributed by atoms with E-state index in [4.69, 9.17) is 27.4 Å². The van der Waals surface area contributed by atoms with E-state index in [9.17, 15) is 0 Å². The molecular formula is C14H19NO2S. The van der Waals surface area contributed by atoms with Crippen LogP contribution in [-0.4, -0.2) is 24.8 Å². The van der Waals surface area contributed by atoms with Crippen LogP contribution in [0.3, 0.4) is 0 Å². The fourth-order valence-electron chi connectivity index (χ4n) is 1.67. The first-order valence-corrected chi connectivity index (χ1v) is 6.77. The molecule has 2 N–H and O–H groups in total. The number of thiocarbonyl (C=S) groups is 1. The molecular weight excluding hydrogens is 246 g/mol. The Morgan fingerprint density at radius 3 is 2.78 bits per heavy atom. The molecule has 1 fully saturated rings. The largest absolute Gasteiger partial charge is 0.493 e. The van der Waals surface area contributed by atoms with Crippen LogP contribution in [-0.2, 0) is 4.74 Å². The highest BCUT2D eigenvalue weighted by Gasteiger charge is 2.20. The first-order chi connectivity index (χ1) is 8.77. The third kappa shape index (κ3) is 4.27. The van der Waals surface area contributed by atoms with Gasteiger partial charge >= 0.3 is 0 Å². The highest BCUT2D eigenvalue weighted by molar-refractivity contribution is 7.80. The maximum absolute atomic E-state index is 5.67. The van der Waals surface area contributed by atoms with Gasteiger partial charge in [-0.25, -0.2) is 0 Å². The molecule has 0 atom stereocenters. The van der Waals surface area contributed by atoms with Gasteiger partial charge in [-0.3, -0.25) is 0 Å². The molecule has 0 unspecified atom stereocenters. The van der Waals surface area contributed by atoms with E-state index < -0.39 is 0 Å². The first kappa shape index (κ1) is 13.3. The lowest BCUT2D eigenvalue weighted by atomic mass is 10.2. The topological polar surface area (TPSA) is 44.5 Å². The summed E-state index contributed by atoms with van der Waals surface area (Å²) in [6.45, 7) is 2.29. The molecule has 0 amide bonds. The summed E-state index contributed by atoms with van der Waals surface area (Å²) >= 11 is 4.98. The number of hydrogen-bond donors (Lipinski definition) is 1. The number of rotatable bonds is 8. The third-order valence-electron chi connectivity index (χ3n) is 2.89. The van der Waals surface area contributed by atoms with Gasteiger partial charge in [0.25, 0.3) is 0 Å². The van der Waals surface area contributed by atoms with Crippen molar-refractivity contribution in [1.29, 1.82) is 0 Å². The van der Waals surface area contributed by atoms with Crippen molar-refractivity contribution >= 4 is 17.2 Å². The molecule has 0 spiro atoms. The standard InChI is InChI=1S/C14H19NO2S/c15-14(18)12-4-1-2-5-13(12)17-9-3-8-16-10-11-6-7-11/h1-2,4-5,11H,3,6-10H2,(H2,15,18). The predicted octanol–water partition coefficient (Wildman–Crippen LogP) is 2.52. The average molecular weight is 265 g/mol. The van der Waals surface area contributed by atoms with Gasteiger partial charge in [0.2, 0.25) is 0 Å². The quantitative estimate of drug-likeness (QED) is 0.579. The molecule has 1 aromatic rings. The molecule has 0 aromatic heterocycles. The minimum atomic E-state index is 0.371. The zero-order valence-electron chi connectivity index (χ0n) is 10.4. The molecule has 1 aliphatic carbocycles. The summed E-state index contributed by atoms with van der Waals surface area (Å²) in [5.74, 6) is 1.58. The summed E-state index contributed by atoms with van der Waals surface area (Å²) in [6, 6.07) is 7.58. The summed E-state index contributed by atoms with van der Waals surface area (Å²) in [7, 11) is 0. The highest BCUT2D eigenvalue weighted by Crippen LogP contribution is 2.28. The van der Waals surface area contributed by atoms with Crippen LogP contribution >= 0.6 is 12.2 Å². The second-order valence-electron chi connectivity index (χ2n) is 4.58. The van der Waals surface area contributed by atoms with Crippen molar-refractivity contribution in [3.8, 4) is 5.75 Å². The molecule has 1 saturated carbocycles. The van der Waals surface area contributed by atoms with Crippen LogP contribution in [0.1, 0.15) is 24.8 Å². The van der Waals surface area contributed by atoms with E-state index in [2.05, 4.69) is 0 Å². The molecule has 0 bridgehead atoms. The van der Waals surface area contributed by atoms with Crippen LogP contribution in [0.5, 0.6) is 5.75 Å². The molecule has 3 nitrogen and oxygen atoms in total. The monoisotopic (exact) mass is 265 g/mol. The molecule has 1 aromatic carbocycles. The van der Waals surface area contributed by atoms with Crippen LogP contribution in [0.25, 0.3) is 0 Å². The maximum Gasteiger partial charge on any atom is 0.129 e. The maximum atomic E-state index is 5.67. The number of benzene rings is 1. The Bertz CT molecular complexity index is 405. The lowest BCUT2D eigenvalue weighted by Gasteiger charge is -2.10. The molecule has 0 heterocycles. The van der Waals surface area contributed by atoms with Crippen molar-refractivity contribution in [1.82, 2.24) is 0 Å². The zero-order chi connectivity index (χ0) is 12.8. The van der Waals surface area contributed by atoms with Gasteiger partial charge in [-0.1, -0.05) is 24.4 Å². The third-order valence-corrected chi connectivity index (χ3v) is 3.11. The Balaban J connectivity index is 1.67. The van der Waals surface area contributed by atoms with E-state index >= 15 is 0 Å².